The Labute approximate surface area is 157 Å². The molecule has 0 atom stereocenters. The number of rotatable bonds is 7. The molecule has 0 unspecified atom stereocenters. The van der Waals surface area contributed by atoms with Crippen LogP contribution in [0.2, 0.25) is 0 Å². The summed E-state index contributed by atoms with van der Waals surface area (Å²) in [6.45, 7) is 2.78. The first-order chi connectivity index (χ1) is 13.1. The van der Waals surface area contributed by atoms with E-state index in [0.717, 1.165) is 5.56 Å². The molecule has 3 rings (SSSR count). The van der Waals surface area contributed by atoms with Crippen molar-refractivity contribution >= 4 is 5.97 Å². The van der Waals surface area contributed by atoms with Crippen molar-refractivity contribution in [1.82, 2.24) is 4.57 Å². The molecule has 5 heteroatoms. The van der Waals surface area contributed by atoms with Gasteiger partial charge in [0.2, 0.25) is 5.43 Å². The van der Waals surface area contributed by atoms with Crippen molar-refractivity contribution in [2.45, 2.75) is 20.1 Å². The molecule has 5 nitrogen and oxygen atoms in total. The van der Waals surface area contributed by atoms with Crippen molar-refractivity contribution < 1.29 is 14.3 Å². The Bertz CT molecular complexity index is 949. The van der Waals surface area contributed by atoms with E-state index in [1.807, 2.05) is 47.9 Å². The topological polar surface area (TPSA) is 57.5 Å². The Kier molecular flexibility index (Phi) is 6.05. The summed E-state index contributed by atoms with van der Waals surface area (Å²) in [4.78, 5) is 24.2. The summed E-state index contributed by atoms with van der Waals surface area (Å²) < 4.78 is 12.9. The second kappa shape index (κ2) is 8.85. The molecule has 0 aliphatic heterocycles. The van der Waals surface area contributed by atoms with Gasteiger partial charge in [0.05, 0.1) is 17.8 Å². The zero-order valence-electron chi connectivity index (χ0n) is 15.1. The summed E-state index contributed by atoms with van der Waals surface area (Å²) in [5, 5.41) is 0. The number of carbonyl (C=O) groups excluding carboxylic acids is 1. The maximum Gasteiger partial charge on any atom is 0.338 e. The summed E-state index contributed by atoms with van der Waals surface area (Å²) in [5.41, 5.74) is 2.04. The second-order valence-corrected chi connectivity index (χ2v) is 6.06. The fraction of sp³-hybridized carbons (Fsp3) is 0.182. The molecule has 0 N–H and O–H groups in total. The quantitative estimate of drug-likeness (QED) is 0.602. The van der Waals surface area contributed by atoms with Crippen molar-refractivity contribution in [3.05, 3.63) is 100.0 Å². The van der Waals surface area contributed by atoms with Crippen LogP contribution in [0.5, 0.6) is 5.75 Å². The summed E-state index contributed by atoms with van der Waals surface area (Å²) in [6, 6.07) is 20.0. The predicted octanol–water partition coefficient (Wildman–Crippen LogP) is 3.59. The molecule has 3 aromatic rings. The van der Waals surface area contributed by atoms with Crippen LogP contribution < -0.4 is 10.2 Å². The van der Waals surface area contributed by atoms with Crippen LogP contribution in [0.1, 0.15) is 21.6 Å². The highest BCUT2D eigenvalue weighted by molar-refractivity contribution is 5.89. The molecule has 0 bridgehead atoms. The van der Waals surface area contributed by atoms with E-state index in [9.17, 15) is 9.59 Å². The lowest BCUT2D eigenvalue weighted by Gasteiger charge is -2.15. The number of benzene rings is 2. The van der Waals surface area contributed by atoms with Crippen LogP contribution >= 0.6 is 0 Å². The fourth-order valence-corrected chi connectivity index (χ4v) is 2.70. The number of hydrogen-bond donors (Lipinski definition) is 0. The molecule has 0 saturated carbocycles. The first kappa shape index (κ1) is 18.5. The highest BCUT2D eigenvalue weighted by Crippen LogP contribution is 2.14. The van der Waals surface area contributed by atoms with Gasteiger partial charge < -0.3 is 14.0 Å². The minimum absolute atomic E-state index is 0.166. The van der Waals surface area contributed by atoms with E-state index >= 15 is 0 Å². The predicted molar refractivity (Wildman–Crippen MR) is 103 cm³/mol. The summed E-state index contributed by atoms with van der Waals surface area (Å²) >= 11 is 0. The second-order valence-electron chi connectivity index (χ2n) is 6.06. The van der Waals surface area contributed by atoms with Crippen LogP contribution in [0, 0.1) is 6.92 Å². The van der Waals surface area contributed by atoms with Crippen LogP contribution in [0.3, 0.4) is 0 Å². The maximum absolute atomic E-state index is 12.2. The molecule has 0 saturated heterocycles. The molecular weight excluding hydrogens is 342 g/mol. The van der Waals surface area contributed by atoms with Crippen LogP contribution in [0.15, 0.2) is 77.7 Å². The number of ether oxygens (including phenoxy) is 2. The third kappa shape index (κ3) is 4.85. The summed E-state index contributed by atoms with van der Waals surface area (Å²) in [5.74, 6) is -0.0504. The minimum Gasteiger partial charge on any atom is -0.483 e. The lowest BCUT2D eigenvalue weighted by molar-refractivity contribution is 0.0490. The molecule has 0 spiro atoms. The van der Waals surface area contributed by atoms with Crippen molar-refractivity contribution in [3.8, 4) is 5.75 Å². The first-order valence-electron chi connectivity index (χ1n) is 8.74. The van der Waals surface area contributed by atoms with Gasteiger partial charge >= 0.3 is 5.97 Å². The van der Waals surface area contributed by atoms with E-state index in [2.05, 4.69) is 0 Å². The van der Waals surface area contributed by atoms with Gasteiger partial charge in [-0.05, 0) is 24.6 Å². The highest BCUT2D eigenvalue weighted by Gasteiger charge is 2.10. The van der Waals surface area contributed by atoms with Crippen molar-refractivity contribution in [1.29, 1.82) is 0 Å². The Morgan fingerprint density at radius 1 is 0.963 bits per heavy atom. The normalized spacial score (nSPS) is 10.4. The van der Waals surface area contributed by atoms with Crippen LogP contribution in [-0.2, 0) is 17.9 Å². The van der Waals surface area contributed by atoms with E-state index in [0.29, 0.717) is 30.2 Å². The molecule has 0 fully saturated rings. The number of hydrogen-bond acceptors (Lipinski definition) is 4. The molecule has 1 heterocycles. The van der Waals surface area contributed by atoms with E-state index in [4.69, 9.17) is 9.47 Å². The number of aromatic nitrogens is 1. The molecule has 0 radical (unpaired) electrons. The Morgan fingerprint density at radius 2 is 1.63 bits per heavy atom. The van der Waals surface area contributed by atoms with Crippen molar-refractivity contribution in [2.24, 2.45) is 0 Å². The Morgan fingerprint density at radius 3 is 2.33 bits per heavy atom. The zero-order chi connectivity index (χ0) is 19.1. The zero-order valence-corrected chi connectivity index (χ0v) is 15.1. The fourth-order valence-electron chi connectivity index (χ4n) is 2.70. The van der Waals surface area contributed by atoms with Crippen LogP contribution in [0.25, 0.3) is 0 Å². The van der Waals surface area contributed by atoms with Gasteiger partial charge in [0, 0.05) is 12.3 Å². The van der Waals surface area contributed by atoms with Gasteiger partial charge in [-0.1, -0.05) is 48.5 Å². The van der Waals surface area contributed by atoms with Crippen molar-refractivity contribution in [3.63, 3.8) is 0 Å². The van der Waals surface area contributed by atoms with Crippen molar-refractivity contribution in [2.75, 3.05) is 6.61 Å². The first-order valence-corrected chi connectivity index (χ1v) is 8.74. The molecule has 0 aliphatic carbocycles. The lowest BCUT2D eigenvalue weighted by Crippen LogP contribution is -2.18. The average molecular weight is 363 g/mol. The van der Waals surface area contributed by atoms with Gasteiger partial charge in [0.25, 0.3) is 0 Å². The van der Waals surface area contributed by atoms with E-state index in [-0.39, 0.29) is 18.0 Å². The molecule has 2 aromatic carbocycles. The van der Waals surface area contributed by atoms with Gasteiger partial charge in [-0.3, -0.25) is 4.79 Å². The minimum atomic E-state index is -0.366. The molecule has 27 heavy (non-hydrogen) atoms. The SMILES string of the molecule is Cc1c(OCc2ccccc2)c(=O)ccn1CCOC(=O)c1ccccc1. The molecule has 1 aromatic heterocycles. The van der Waals surface area contributed by atoms with E-state index in [1.165, 1.54) is 6.07 Å². The molecular formula is C22H21NO4. The van der Waals surface area contributed by atoms with Gasteiger partial charge in [-0.15, -0.1) is 0 Å². The number of carbonyl (C=O) groups is 1. The lowest BCUT2D eigenvalue weighted by atomic mass is 10.2. The van der Waals surface area contributed by atoms with Crippen LogP contribution in [0.4, 0.5) is 0 Å². The number of esters is 1. The average Bonchev–Trinajstić information content (AvgIpc) is 2.71. The molecule has 0 aliphatic rings. The van der Waals surface area contributed by atoms with Crippen LogP contribution in [-0.4, -0.2) is 17.1 Å². The third-order valence-corrected chi connectivity index (χ3v) is 4.19. The largest absolute Gasteiger partial charge is 0.483 e. The monoisotopic (exact) mass is 363 g/mol. The van der Waals surface area contributed by atoms with E-state index < -0.39 is 0 Å². The van der Waals surface area contributed by atoms with Gasteiger partial charge in [-0.25, -0.2) is 4.79 Å². The smallest absolute Gasteiger partial charge is 0.338 e. The number of nitrogens with zero attached hydrogens (tertiary/aromatic N) is 1. The van der Waals surface area contributed by atoms with Gasteiger partial charge in [-0.2, -0.15) is 0 Å². The van der Waals surface area contributed by atoms with Gasteiger partial charge in [0.15, 0.2) is 5.75 Å². The van der Waals surface area contributed by atoms with E-state index in [1.54, 1.807) is 30.5 Å². The molecule has 138 valence electrons. The summed E-state index contributed by atoms with van der Waals surface area (Å²) in [6.07, 6.45) is 1.68. The highest BCUT2D eigenvalue weighted by atomic mass is 16.5. The molecule has 0 amide bonds. The standard InChI is InChI=1S/C22H21NO4/c1-17-21(27-16-18-8-4-2-5-9-18)20(24)12-13-23(17)14-15-26-22(25)19-10-6-3-7-11-19/h2-13H,14-16H2,1H3. The summed E-state index contributed by atoms with van der Waals surface area (Å²) in [7, 11) is 0. The number of pyridine rings is 1. The Hall–Kier alpha value is -3.34. The van der Waals surface area contributed by atoms with Gasteiger partial charge in [0.1, 0.15) is 13.2 Å². The third-order valence-electron chi connectivity index (χ3n) is 4.19. The maximum atomic E-state index is 12.2. The Balaban J connectivity index is 1.62.